The molecule has 1 aromatic carbocycles. The van der Waals surface area contributed by atoms with Crippen LogP contribution in [0.15, 0.2) is 12.1 Å². The van der Waals surface area contributed by atoms with Gasteiger partial charge in [-0.1, -0.05) is 11.6 Å². The quantitative estimate of drug-likeness (QED) is 0.559. The SMILES string of the molecule is Cc1cc(C)c(C)c(C=O)c1. The minimum Gasteiger partial charge on any atom is -0.298 e. The van der Waals surface area contributed by atoms with Crippen LogP contribution < -0.4 is 0 Å². The summed E-state index contributed by atoms with van der Waals surface area (Å²) in [5, 5.41) is 0. The van der Waals surface area contributed by atoms with Crippen molar-refractivity contribution in [2.45, 2.75) is 20.8 Å². The highest BCUT2D eigenvalue weighted by molar-refractivity contribution is 5.78. The Morgan fingerprint density at radius 1 is 1.18 bits per heavy atom. The average molecular weight is 148 g/mol. The van der Waals surface area contributed by atoms with Crippen LogP contribution in [0.2, 0.25) is 0 Å². The third-order valence-corrected chi connectivity index (χ3v) is 1.98. The molecule has 0 aliphatic carbocycles. The molecule has 1 rings (SSSR count). The van der Waals surface area contributed by atoms with Crippen molar-refractivity contribution in [2.75, 3.05) is 0 Å². The molecule has 58 valence electrons. The fourth-order valence-corrected chi connectivity index (χ4v) is 1.20. The van der Waals surface area contributed by atoms with Crippen molar-refractivity contribution in [1.29, 1.82) is 0 Å². The molecule has 1 heteroatoms. The lowest BCUT2D eigenvalue weighted by molar-refractivity contribution is 0.112. The van der Waals surface area contributed by atoms with Gasteiger partial charge in [0.2, 0.25) is 0 Å². The zero-order valence-electron chi connectivity index (χ0n) is 7.14. The smallest absolute Gasteiger partial charge is 0.150 e. The monoisotopic (exact) mass is 148 g/mol. The van der Waals surface area contributed by atoms with Gasteiger partial charge in [0.1, 0.15) is 6.29 Å². The molecular weight excluding hydrogens is 136 g/mol. The van der Waals surface area contributed by atoms with Crippen LogP contribution in [0.4, 0.5) is 0 Å². The summed E-state index contributed by atoms with van der Waals surface area (Å²) in [7, 11) is 0. The Morgan fingerprint density at radius 3 is 2.36 bits per heavy atom. The van der Waals surface area contributed by atoms with Crippen molar-refractivity contribution < 1.29 is 4.79 Å². The molecule has 0 unspecified atom stereocenters. The Labute approximate surface area is 67.1 Å². The van der Waals surface area contributed by atoms with Crippen molar-refractivity contribution in [3.05, 3.63) is 34.4 Å². The zero-order valence-corrected chi connectivity index (χ0v) is 7.14. The van der Waals surface area contributed by atoms with Gasteiger partial charge in [0, 0.05) is 5.56 Å². The second kappa shape index (κ2) is 2.87. The number of carbonyl (C=O) groups excluding carboxylic acids is 1. The summed E-state index contributed by atoms with van der Waals surface area (Å²) in [4.78, 5) is 10.5. The summed E-state index contributed by atoms with van der Waals surface area (Å²) in [5.74, 6) is 0. The van der Waals surface area contributed by atoms with Crippen LogP contribution in [0.1, 0.15) is 27.0 Å². The Morgan fingerprint density at radius 2 is 1.82 bits per heavy atom. The van der Waals surface area contributed by atoms with Gasteiger partial charge in [0.05, 0.1) is 0 Å². The lowest BCUT2D eigenvalue weighted by Crippen LogP contribution is -1.91. The van der Waals surface area contributed by atoms with Gasteiger partial charge in [-0.25, -0.2) is 0 Å². The van der Waals surface area contributed by atoms with Crippen LogP contribution in [0, 0.1) is 20.8 Å². The van der Waals surface area contributed by atoms with E-state index in [0.717, 1.165) is 23.0 Å². The summed E-state index contributed by atoms with van der Waals surface area (Å²) in [5.41, 5.74) is 4.23. The van der Waals surface area contributed by atoms with E-state index in [2.05, 4.69) is 6.07 Å². The molecule has 0 aliphatic rings. The van der Waals surface area contributed by atoms with Gasteiger partial charge in [-0.15, -0.1) is 0 Å². The molecule has 0 spiro atoms. The number of aldehydes is 1. The minimum absolute atomic E-state index is 0.808. The van der Waals surface area contributed by atoms with E-state index in [4.69, 9.17) is 0 Å². The lowest BCUT2D eigenvalue weighted by Gasteiger charge is -2.03. The summed E-state index contributed by atoms with van der Waals surface area (Å²) >= 11 is 0. The van der Waals surface area contributed by atoms with Crippen molar-refractivity contribution in [3.8, 4) is 0 Å². The van der Waals surface area contributed by atoms with E-state index in [9.17, 15) is 4.79 Å². The van der Waals surface area contributed by atoms with Gasteiger partial charge in [-0.2, -0.15) is 0 Å². The molecular formula is C10H12O. The van der Waals surface area contributed by atoms with Crippen molar-refractivity contribution in [2.24, 2.45) is 0 Å². The maximum absolute atomic E-state index is 10.5. The Kier molecular flexibility index (Phi) is 2.08. The van der Waals surface area contributed by atoms with Crippen LogP contribution in [-0.2, 0) is 0 Å². The van der Waals surface area contributed by atoms with E-state index < -0.39 is 0 Å². The molecule has 0 amide bonds. The number of benzene rings is 1. The molecule has 0 saturated heterocycles. The van der Waals surface area contributed by atoms with E-state index in [0.29, 0.717) is 0 Å². The minimum atomic E-state index is 0.808. The highest BCUT2D eigenvalue weighted by Gasteiger charge is 1.99. The van der Waals surface area contributed by atoms with Crippen LogP contribution in [0.3, 0.4) is 0 Å². The van der Waals surface area contributed by atoms with Gasteiger partial charge in [0.25, 0.3) is 0 Å². The van der Waals surface area contributed by atoms with Crippen molar-refractivity contribution in [3.63, 3.8) is 0 Å². The molecule has 1 nitrogen and oxygen atoms in total. The fraction of sp³-hybridized carbons (Fsp3) is 0.300. The van der Waals surface area contributed by atoms with Crippen LogP contribution in [0.25, 0.3) is 0 Å². The Balaban J connectivity index is 3.35. The standard InChI is InChI=1S/C10H12O/c1-7-4-8(2)9(3)10(5-7)6-11/h4-6H,1-3H3. The van der Waals surface area contributed by atoms with Crippen molar-refractivity contribution in [1.82, 2.24) is 0 Å². The van der Waals surface area contributed by atoms with Gasteiger partial charge in [-0.05, 0) is 38.0 Å². The zero-order chi connectivity index (χ0) is 8.43. The molecule has 11 heavy (non-hydrogen) atoms. The third kappa shape index (κ3) is 1.48. The Hall–Kier alpha value is -1.11. The number of rotatable bonds is 1. The molecule has 0 heterocycles. The lowest BCUT2D eigenvalue weighted by atomic mass is 10.0. The summed E-state index contributed by atoms with van der Waals surface area (Å²) in [6, 6.07) is 4.00. The van der Waals surface area contributed by atoms with Crippen LogP contribution >= 0.6 is 0 Å². The molecule has 0 aliphatic heterocycles. The maximum atomic E-state index is 10.5. The number of hydrogen-bond donors (Lipinski definition) is 0. The molecule has 1 aromatic rings. The van der Waals surface area contributed by atoms with E-state index >= 15 is 0 Å². The first-order chi connectivity index (χ1) is 5.15. The summed E-state index contributed by atoms with van der Waals surface area (Å²) in [6.45, 7) is 5.99. The predicted octanol–water partition coefficient (Wildman–Crippen LogP) is 2.42. The summed E-state index contributed by atoms with van der Waals surface area (Å²) in [6.07, 6.45) is 0.912. The van der Waals surface area contributed by atoms with Crippen LogP contribution in [0.5, 0.6) is 0 Å². The van der Waals surface area contributed by atoms with Crippen molar-refractivity contribution >= 4 is 6.29 Å². The predicted molar refractivity (Wildman–Crippen MR) is 46.0 cm³/mol. The molecule has 0 fully saturated rings. The first-order valence-electron chi connectivity index (χ1n) is 3.68. The Bertz CT molecular complexity index is 287. The number of hydrogen-bond acceptors (Lipinski definition) is 1. The van der Waals surface area contributed by atoms with E-state index in [1.165, 1.54) is 5.56 Å². The first-order valence-corrected chi connectivity index (χ1v) is 3.68. The second-order valence-corrected chi connectivity index (χ2v) is 2.91. The van der Waals surface area contributed by atoms with Gasteiger partial charge >= 0.3 is 0 Å². The fourth-order valence-electron chi connectivity index (χ4n) is 1.20. The summed E-state index contributed by atoms with van der Waals surface area (Å²) < 4.78 is 0. The van der Waals surface area contributed by atoms with Gasteiger partial charge in [0.15, 0.2) is 0 Å². The number of carbonyl (C=O) groups is 1. The molecule has 0 radical (unpaired) electrons. The highest BCUT2D eigenvalue weighted by Crippen LogP contribution is 2.13. The van der Waals surface area contributed by atoms with Crippen LogP contribution in [-0.4, -0.2) is 6.29 Å². The normalized spacial score (nSPS) is 9.73. The molecule has 0 saturated carbocycles. The molecule has 0 aromatic heterocycles. The van der Waals surface area contributed by atoms with E-state index in [-0.39, 0.29) is 0 Å². The molecule has 0 bridgehead atoms. The average Bonchev–Trinajstić information content (AvgIpc) is 1.96. The molecule has 0 N–H and O–H groups in total. The number of aryl methyl sites for hydroxylation is 2. The topological polar surface area (TPSA) is 17.1 Å². The highest BCUT2D eigenvalue weighted by atomic mass is 16.1. The second-order valence-electron chi connectivity index (χ2n) is 2.91. The van der Waals surface area contributed by atoms with E-state index in [1.54, 1.807) is 0 Å². The maximum Gasteiger partial charge on any atom is 0.150 e. The first kappa shape index (κ1) is 7.99. The largest absolute Gasteiger partial charge is 0.298 e. The van der Waals surface area contributed by atoms with E-state index in [1.807, 2.05) is 26.8 Å². The van der Waals surface area contributed by atoms with Gasteiger partial charge in [-0.3, -0.25) is 4.79 Å². The van der Waals surface area contributed by atoms with Gasteiger partial charge < -0.3 is 0 Å². The molecule has 0 atom stereocenters. The third-order valence-electron chi connectivity index (χ3n) is 1.98.